The highest BCUT2D eigenvalue weighted by atomic mass is 32.1. The van der Waals surface area contributed by atoms with E-state index >= 15 is 0 Å². The van der Waals surface area contributed by atoms with Gasteiger partial charge in [-0.1, -0.05) is 0 Å². The topological polar surface area (TPSA) is 48.4 Å². The van der Waals surface area contributed by atoms with Crippen LogP contribution in [-0.4, -0.2) is 18.4 Å². The van der Waals surface area contributed by atoms with Gasteiger partial charge in [0.15, 0.2) is 11.5 Å². The smallest absolute Gasteiger partial charge is 0.162 e. The zero-order valence-corrected chi connectivity index (χ0v) is 11.0. The summed E-state index contributed by atoms with van der Waals surface area (Å²) in [6.45, 7) is 2.31. The van der Waals surface area contributed by atoms with E-state index in [1.54, 1.807) is 36.6 Å². The van der Waals surface area contributed by atoms with Gasteiger partial charge in [-0.15, -0.1) is 11.3 Å². The van der Waals surface area contributed by atoms with E-state index in [1.807, 2.05) is 12.3 Å². The van der Waals surface area contributed by atoms with Crippen molar-refractivity contribution in [1.29, 1.82) is 0 Å². The molecule has 0 fully saturated rings. The largest absolute Gasteiger partial charge is 0.493 e. The number of nitrogens with zero attached hydrogens (tertiary/aromatic N) is 1. The summed E-state index contributed by atoms with van der Waals surface area (Å²) >= 11 is 1.55. The summed E-state index contributed by atoms with van der Waals surface area (Å²) in [6.07, 6.45) is 0.778. The molecule has 0 saturated heterocycles. The lowest BCUT2D eigenvalue weighted by Gasteiger charge is -2.09. The third-order valence-corrected chi connectivity index (χ3v) is 3.28. The number of benzene rings is 1. The molecule has 2 rings (SSSR count). The lowest BCUT2D eigenvalue weighted by atomic mass is 10.2. The summed E-state index contributed by atoms with van der Waals surface area (Å²) in [6, 6.07) is 5.06. The minimum Gasteiger partial charge on any atom is -0.493 e. The van der Waals surface area contributed by atoms with E-state index in [0.717, 1.165) is 17.0 Å². The third-order valence-electron chi connectivity index (χ3n) is 2.34. The predicted octanol–water partition coefficient (Wildman–Crippen LogP) is 2.85. The van der Waals surface area contributed by atoms with Crippen LogP contribution in [0.4, 0.5) is 0 Å². The maximum Gasteiger partial charge on any atom is 0.162 e. The number of aromatic nitrogens is 1. The van der Waals surface area contributed by atoms with Crippen LogP contribution in [-0.2, 0) is 6.61 Å². The monoisotopic (exact) mass is 263 g/mol. The average molecular weight is 263 g/mol. The van der Waals surface area contributed by atoms with Gasteiger partial charge in [0, 0.05) is 16.6 Å². The van der Waals surface area contributed by atoms with Crippen LogP contribution < -0.4 is 9.47 Å². The minimum atomic E-state index is 0.372. The van der Waals surface area contributed by atoms with Gasteiger partial charge >= 0.3 is 0 Å². The summed E-state index contributed by atoms with van der Waals surface area (Å²) in [7, 11) is 1.57. The van der Waals surface area contributed by atoms with E-state index in [-0.39, 0.29) is 0 Å². The molecule has 94 valence electrons. The molecule has 0 saturated carbocycles. The number of carbonyl (C=O) groups excluding carboxylic acids is 1. The number of methoxy groups -OCH3 is 1. The Hall–Kier alpha value is -1.88. The lowest BCUT2D eigenvalue weighted by Crippen LogP contribution is -1.98. The summed E-state index contributed by atoms with van der Waals surface area (Å²) < 4.78 is 10.8. The van der Waals surface area contributed by atoms with E-state index in [9.17, 15) is 4.79 Å². The molecule has 0 aliphatic heterocycles. The van der Waals surface area contributed by atoms with Crippen molar-refractivity contribution >= 4 is 17.6 Å². The molecule has 0 spiro atoms. The van der Waals surface area contributed by atoms with Crippen LogP contribution in [0.3, 0.4) is 0 Å². The number of aldehydes is 1. The molecule has 0 atom stereocenters. The first-order chi connectivity index (χ1) is 8.72. The number of thiazole rings is 1. The van der Waals surface area contributed by atoms with Crippen LogP contribution in [0.25, 0.3) is 0 Å². The molecule has 0 aliphatic rings. The third kappa shape index (κ3) is 2.87. The average Bonchev–Trinajstić information content (AvgIpc) is 2.81. The van der Waals surface area contributed by atoms with Gasteiger partial charge in [0.1, 0.15) is 17.9 Å². The highest BCUT2D eigenvalue weighted by Gasteiger charge is 2.07. The lowest BCUT2D eigenvalue weighted by molar-refractivity contribution is 0.112. The Labute approximate surface area is 109 Å². The number of ether oxygens (including phenoxy) is 2. The van der Waals surface area contributed by atoms with E-state index in [0.29, 0.717) is 23.7 Å². The van der Waals surface area contributed by atoms with Gasteiger partial charge in [0.2, 0.25) is 0 Å². The van der Waals surface area contributed by atoms with Crippen molar-refractivity contribution in [3.8, 4) is 11.5 Å². The minimum absolute atomic E-state index is 0.372. The molecule has 18 heavy (non-hydrogen) atoms. The molecule has 0 bridgehead atoms. The molecular weight excluding hydrogens is 250 g/mol. The Morgan fingerprint density at radius 1 is 1.39 bits per heavy atom. The summed E-state index contributed by atoms with van der Waals surface area (Å²) in [5.74, 6) is 1.16. The molecule has 5 heteroatoms. The van der Waals surface area contributed by atoms with Crippen LogP contribution in [0.5, 0.6) is 11.5 Å². The second-order valence-electron chi connectivity index (χ2n) is 3.70. The predicted molar refractivity (Wildman–Crippen MR) is 69.6 cm³/mol. The van der Waals surface area contributed by atoms with Gasteiger partial charge in [0.25, 0.3) is 0 Å². The fraction of sp³-hybridized carbons (Fsp3) is 0.231. The van der Waals surface area contributed by atoms with Crippen LogP contribution in [0, 0.1) is 6.92 Å². The van der Waals surface area contributed by atoms with E-state index in [2.05, 4.69) is 4.98 Å². The molecule has 1 heterocycles. The normalized spacial score (nSPS) is 10.1. The van der Waals surface area contributed by atoms with Gasteiger partial charge < -0.3 is 9.47 Å². The van der Waals surface area contributed by atoms with Gasteiger partial charge in [-0.2, -0.15) is 0 Å². The fourth-order valence-corrected chi connectivity index (χ4v) is 2.17. The van der Waals surface area contributed by atoms with Gasteiger partial charge in [-0.05, 0) is 25.1 Å². The van der Waals surface area contributed by atoms with Crippen LogP contribution in [0.1, 0.15) is 21.1 Å². The molecule has 1 aromatic carbocycles. The molecule has 1 aromatic heterocycles. The first kappa shape index (κ1) is 12.6. The molecule has 4 nitrogen and oxygen atoms in total. The van der Waals surface area contributed by atoms with Crippen molar-refractivity contribution in [2.24, 2.45) is 0 Å². The summed E-state index contributed by atoms with van der Waals surface area (Å²) in [5.41, 5.74) is 1.54. The number of hydrogen-bond acceptors (Lipinski definition) is 5. The quantitative estimate of drug-likeness (QED) is 0.778. The van der Waals surface area contributed by atoms with E-state index in [1.165, 1.54) is 0 Å². The molecule has 0 N–H and O–H groups in total. The molecule has 2 aromatic rings. The molecule has 0 amide bonds. The Morgan fingerprint density at radius 3 is 2.83 bits per heavy atom. The second kappa shape index (κ2) is 5.64. The Bertz CT molecular complexity index is 551. The first-order valence-corrected chi connectivity index (χ1v) is 6.28. The molecular formula is C13H13NO3S. The number of hydrogen-bond donors (Lipinski definition) is 0. The SMILES string of the molecule is COc1ccc(C=O)cc1OCc1nc(C)cs1. The highest BCUT2D eigenvalue weighted by molar-refractivity contribution is 7.09. The van der Waals surface area contributed by atoms with Crippen molar-refractivity contribution in [2.45, 2.75) is 13.5 Å². The highest BCUT2D eigenvalue weighted by Crippen LogP contribution is 2.28. The van der Waals surface area contributed by atoms with Crippen molar-refractivity contribution in [1.82, 2.24) is 4.98 Å². The summed E-state index contributed by atoms with van der Waals surface area (Å²) in [5, 5.41) is 2.86. The van der Waals surface area contributed by atoms with Crippen LogP contribution in [0.15, 0.2) is 23.6 Å². The molecule has 0 aliphatic carbocycles. The zero-order valence-electron chi connectivity index (χ0n) is 10.2. The van der Waals surface area contributed by atoms with Crippen molar-refractivity contribution in [2.75, 3.05) is 7.11 Å². The first-order valence-electron chi connectivity index (χ1n) is 5.40. The van der Waals surface area contributed by atoms with E-state index < -0.39 is 0 Å². The van der Waals surface area contributed by atoms with Gasteiger partial charge in [0.05, 0.1) is 7.11 Å². The maximum absolute atomic E-state index is 10.7. The fourth-order valence-electron chi connectivity index (χ4n) is 1.49. The number of carbonyl (C=O) groups is 1. The Kier molecular flexibility index (Phi) is 3.94. The summed E-state index contributed by atoms with van der Waals surface area (Å²) in [4.78, 5) is 15.0. The standard InChI is InChI=1S/C13H13NO3S/c1-9-8-18-13(14-9)7-17-12-5-10(6-15)3-4-11(12)16-2/h3-6,8H,7H2,1-2H3. The zero-order chi connectivity index (χ0) is 13.0. The second-order valence-corrected chi connectivity index (χ2v) is 4.64. The van der Waals surface area contributed by atoms with Crippen molar-refractivity contribution < 1.29 is 14.3 Å². The van der Waals surface area contributed by atoms with Crippen molar-refractivity contribution in [3.05, 3.63) is 39.8 Å². The number of aryl methyl sites for hydroxylation is 1. The van der Waals surface area contributed by atoms with Gasteiger partial charge in [-0.25, -0.2) is 4.98 Å². The number of rotatable bonds is 5. The van der Waals surface area contributed by atoms with Gasteiger partial charge in [-0.3, -0.25) is 4.79 Å². The van der Waals surface area contributed by atoms with E-state index in [4.69, 9.17) is 9.47 Å². The van der Waals surface area contributed by atoms with Crippen LogP contribution >= 0.6 is 11.3 Å². The maximum atomic E-state index is 10.7. The molecule has 0 unspecified atom stereocenters. The Morgan fingerprint density at radius 2 is 2.22 bits per heavy atom. The van der Waals surface area contributed by atoms with Crippen LogP contribution in [0.2, 0.25) is 0 Å². The Balaban J connectivity index is 2.14. The molecule has 0 radical (unpaired) electrons. The van der Waals surface area contributed by atoms with Crippen molar-refractivity contribution in [3.63, 3.8) is 0 Å².